The van der Waals surface area contributed by atoms with Crippen LogP contribution < -0.4 is 10.3 Å². The molecule has 2 heterocycles. The largest absolute Gasteiger partial charge is 0.483 e. The van der Waals surface area contributed by atoms with E-state index >= 15 is 0 Å². The Bertz CT molecular complexity index is 1790. The molecule has 0 saturated heterocycles. The average Bonchev–Trinajstić information content (AvgIpc) is 3.32. The molecule has 3 aromatic carbocycles. The lowest BCUT2D eigenvalue weighted by Gasteiger charge is -2.14. The van der Waals surface area contributed by atoms with Gasteiger partial charge in [0.2, 0.25) is 11.6 Å². The third-order valence-corrected chi connectivity index (χ3v) is 6.99. The molecule has 0 aliphatic carbocycles. The number of hydrogen-bond donors (Lipinski definition) is 0. The smallest absolute Gasteiger partial charge is 0.312 e. The van der Waals surface area contributed by atoms with E-state index in [-0.39, 0.29) is 23.4 Å². The van der Waals surface area contributed by atoms with Gasteiger partial charge in [0.1, 0.15) is 5.58 Å². The predicted molar refractivity (Wildman–Crippen MR) is 153 cm³/mol. The van der Waals surface area contributed by atoms with Crippen LogP contribution in [-0.2, 0) is 0 Å². The van der Waals surface area contributed by atoms with Crippen LogP contribution in [0.2, 0.25) is 0 Å². The first-order valence-corrected chi connectivity index (χ1v) is 13.2. The van der Waals surface area contributed by atoms with E-state index in [1.54, 1.807) is 36.4 Å². The van der Waals surface area contributed by atoms with Crippen LogP contribution in [-0.4, -0.2) is 26.9 Å². The Hall–Kier alpha value is -3.83. The Balaban J connectivity index is 1.66. The molecule has 1 atom stereocenters. The number of nitro groups is 1. The van der Waals surface area contributed by atoms with Crippen molar-refractivity contribution in [3.05, 3.63) is 95.6 Å². The van der Waals surface area contributed by atoms with Crippen molar-refractivity contribution in [2.24, 2.45) is 5.10 Å². The highest BCUT2D eigenvalue weighted by molar-refractivity contribution is 9.10. The van der Waals surface area contributed by atoms with E-state index in [1.807, 2.05) is 32.0 Å². The highest BCUT2D eigenvalue weighted by atomic mass is 79.9. The second-order valence-electron chi connectivity index (χ2n) is 8.55. The van der Waals surface area contributed by atoms with Gasteiger partial charge in [-0.15, -0.1) is 0 Å². The summed E-state index contributed by atoms with van der Waals surface area (Å²) in [4.78, 5) is 29.4. The molecule has 5 rings (SSSR count). The molecule has 0 saturated carbocycles. The van der Waals surface area contributed by atoms with E-state index in [4.69, 9.17) is 9.15 Å². The molecule has 0 aliphatic heterocycles. The Morgan fingerprint density at radius 1 is 1.18 bits per heavy atom. The van der Waals surface area contributed by atoms with Crippen molar-refractivity contribution < 1.29 is 14.1 Å². The van der Waals surface area contributed by atoms with Crippen LogP contribution in [0.5, 0.6) is 5.75 Å². The molecular weight excluding hydrogens is 620 g/mol. The maximum absolute atomic E-state index is 13.5. The highest BCUT2D eigenvalue weighted by Crippen LogP contribution is 2.37. The van der Waals surface area contributed by atoms with Crippen molar-refractivity contribution in [3.8, 4) is 17.3 Å². The van der Waals surface area contributed by atoms with Crippen molar-refractivity contribution in [2.45, 2.75) is 26.4 Å². The first kappa shape index (κ1) is 25.8. The molecule has 11 heteroatoms. The normalized spacial score (nSPS) is 12.4. The summed E-state index contributed by atoms with van der Waals surface area (Å²) >= 11 is 6.84. The van der Waals surface area contributed by atoms with Crippen LogP contribution in [0, 0.1) is 10.1 Å². The van der Waals surface area contributed by atoms with Gasteiger partial charge in [-0.3, -0.25) is 14.9 Å². The van der Waals surface area contributed by atoms with Crippen molar-refractivity contribution in [1.82, 2.24) is 9.66 Å². The van der Waals surface area contributed by atoms with Gasteiger partial charge >= 0.3 is 5.69 Å². The zero-order valence-electron chi connectivity index (χ0n) is 20.2. The molecule has 0 aliphatic rings. The number of ether oxygens (including phenoxy) is 1. The van der Waals surface area contributed by atoms with Crippen molar-refractivity contribution in [2.75, 3.05) is 0 Å². The molecule has 5 aromatic rings. The van der Waals surface area contributed by atoms with Crippen LogP contribution in [0.3, 0.4) is 0 Å². The van der Waals surface area contributed by atoms with Crippen molar-refractivity contribution in [1.29, 1.82) is 0 Å². The number of rotatable bonds is 7. The van der Waals surface area contributed by atoms with Gasteiger partial charge in [-0.25, -0.2) is 4.98 Å². The van der Waals surface area contributed by atoms with Gasteiger partial charge in [-0.1, -0.05) is 35.0 Å². The average molecular weight is 640 g/mol. The summed E-state index contributed by atoms with van der Waals surface area (Å²) < 4.78 is 14.2. The van der Waals surface area contributed by atoms with Crippen LogP contribution >= 0.6 is 31.9 Å². The molecular formula is C27H20Br2N4O5. The second kappa shape index (κ2) is 10.5. The molecule has 9 nitrogen and oxygen atoms in total. The number of hydrogen-bond acceptors (Lipinski definition) is 7. The zero-order chi connectivity index (χ0) is 27.0. The maximum Gasteiger partial charge on any atom is 0.312 e. The molecule has 192 valence electrons. The van der Waals surface area contributed by atoms with Gasteiger partial charge in [0.25, 0.3) is 5.56 Å². The Morgan fingerprint density at radius 3 is 2.74 bits per heavy atom. The summed E-state index contributed by atoms with van der Waals surface area (Å²) in [5, 5.41) is 17.4. The van der Waals surface area contributed by atoms with Gasteiger partial charge in [-0.05, 0) is 71.7 Å². The first-order chi connectivity index (χ1) is 18.2. The summed E-state index contributed by atoms with van der Waals surface area (Å²) in [5.41, 5.74) is 0.879. The molecule has 0 fully saturated rings. The van der Waals surface area contributed by atoms with E-state index in [1.165, 1.54) is 12.3 Å². The third-order valence-electron chi connectivity index (χ3n) is 5.91. The molecule has 0 N–H and O–H groups in total. The summed E-state index contributed by atoms with van der Waals surface area (Å²) in [6.45, 7) is 3.77. The Kier molecular flexibility index (Phi) is 7.13. The first-order valence-electron chi connectivity index (χ1n) is 11.7. The molecule has 0 radical (unpaired) electrons. The lowest BCUT2D eigenvalue weighted by atomic mass is 10.2. The fourth-order valence-corrected chi connectivity index (χ4v) is 4.79. The van der Waals surface area contributed by atoms with Gasteiger partial charge in [0, 0.05) is 21.5 Å². The van der Waals surface area contributed by atoms with Crippen molar-refractivity contribution in [3.63, 3.8) is 0 Å². The number of nitro benzene ring substituents is 1. The lowest BCUT2D eigenvalue weighted by Crippen LogP contribution is -2.20. The molecule has 38 heavy (non-hydrogen) atoms. The summed E-state index contributed by atoms with van der Waals surface area (Å²) in [5.74, 6) is 0.685. The highest BCUT2D eigenvalue weighted by Gasteiger charge is 2.22. The van der Waals surface area contributed by atoms with E-state index in [0.717, 1.165) is 14.5 Å². The topological polar surface area (TPSA) is 113 Å². The van der Waals surface area contributed by atoms with E-state index in [0.29, 0.717) is 38.7 Å². The molecule has 0 amide bonds. The predicted octanol–water partition coefficient (Wildman–Crippen LogP) is 7.30. The minimum absolute atomic E-state index is 0.139. The lowest BCUT2D eigenvalue weighted by molar-refractivity contribution is -0.386. The van der Waals surface area contributed by atoms with E-state index in [9.17, 15) is 14.9 Å². The minimum atomic E-state index is -0.512. The maximum atomic E-state index is 13.5. The van der Waals surface area contributed by atoms with Crippen LogP contribution in [0.25, 0.3) is 33.5 Å². The SMILES string of the molecule is CC[C@@H](C)Oc1c(Br)cc(C=Nn2c(-c3cc4cc(Br)ccc4o3)nc3ccccc3c2=O)cc1[N+](=O)[O-]. The molecule has 2 aromatic heterocycles. The number of nitrogens with zero attached hydrogens (tertiary/aromatic N) is 4. The number of furan rings is 1. The number of halogens is 2. The summed E-state index contributed by atoms with van der Waals surface area (Å²) in [6, 6.07) is 17.3. The van der Waals surface area contributed by atoms with E-state index in [2.05, 4.69) is 41.9 Å². The fraction of sp³-hybridized carbons (Fsp3) is 0.148. The monoisotopic (exact) mass is 638 g/mol. The van der Waals surface area contributed by atoms with E-state index < -0.39 is 10.5 Å². The van der Waals surface area contributed by atoms with Gasteiger partial charge in [-0.2, -0.15) is 9.78 Å². The van der Waals surface area contributed by atoms with Crippen LogP contribution in [0.15, 0.2) is 83.9 Å². The number of para-hydroxylation sites is 1. The van der Waals surface area contributed by atoms with Crippen molar-refractivity contribution >= 4 is 65.6 Å². The molecule has 0 unspecified atom stereocenters. The summed E-state index contributed by atoms with van der Waals surface area (Å²) in [6.07, 6.45) is 1.84. The van der Waals surface area contributed by atoms with Gasteiger partial charge in [0.05, 0.1) is 32.6 Å². The Labute approximate surface area is 233 Å². The standard InChI is InChI=1S/C27H20Br2N4O5/c1-3-15(2)37-25-20(29)10-16(11-22(25)33(35)36)14-30-32-26(31-21-7-5-4-6-19(21)27(32)34)24-13-17-12-18(28)8-9-23(17)38-24/h4-15H,3H2,1-2H3/t15-/m1/s1. The zero-order valence-corrected chi connectivity index (χ0v) is 23.4. The third kappa shape index (κ3) is 4.99. The Morgan fingerprint density at radius 2 is 1.97 bits per heavy atom. The molecule has 0 bridgehead atoms. The van der Waals surface area contributed by atoms with Crippen LogP contribution in [0.1, 0.15) is 25.8 Å². The minimum Gasteiger partial charge on any atom is -0.483 e. The quantitative estimate of drug-likeness (QED) is 0.105. The van der Waals surface area contributed by atoms with Gasteiger partial charge < -0.3 is 9.15 Å². The number of aromatic nitrogens is 2. The van der Waals surface area contributed by atoms with Crippen LogP contribution in [0.4, 0.5) is 5.69 Å². The number of benzene rings is 3. The number of fused-ring (bicyclic) bond motifs is 2. The fourth-order valence-electron chi connectivity index (χ4n) is 3.85. The van der Waals surface area contributed by atoms with Gasteiger partial charge in [0.15, 0.2) is 5.76 Å². The molecule has 0 spiro atoms. The summed E-state index contributed by atoms with van der Waals surface area (Å²) in [7, 11) is 0. The second-order valence-corrected chi connectivity index (χ2v) is 10.3.